The third-order valence-corrected chi connectivity index (χ3v) is 2.17. The molecule has 0 aliphatic carbocycles. The molecule has 0 bridgehead atoms. The third kappa shape index (κ3) is 1.36. The van der Waals surface area contributed by atoms with Crippen LogP contribution in [-0.2, 0) is 4.84 Å². The summed E-state index contributed by atoms with van der Waals surface area (Å²) in [5, 5.41) is 1.66. The van der Waals surface area contributed by atoms with Crippen molar-refractivity contribution >= 4 is 23.2 Å². The van der Waals surface area contributed by atoms with Crippen molar-refractivity contribution in [3.8, 4) is 0 Å². The number of para-hydroxylation sites is 2. The van der Waals surface area contributed by atoms with Gasteiger partial charge in [0.05, 0.1) is 24.7 Å². The van der Waals surface area contributed by atoms with Crippen LogP contribution in [0.4, 0.5) is 11.4 Å². The van der Waals surface area contributed by atoms with Gasteiger partial charge >= 0.3 is 0 Å². The molecule has 1 aliphatic rings. The van der Waals surface area contributed by atoms with Crippen LogP contribution in [0.15, 0.2) is 36.7 Å². The number of hydrogen-bond acceptors (Lipinski definition) is 3. The summed E-state index contributed by atoms with van der Waals surface area (Å²) in [7, 11) is 1.62. The smallest absolute Gasteiger partial charge is 0.0939 e. The number of nitrogens with zero attached hydrogens (tertiary/aromatic N) is 2. The summed E-state index contributed by atoms with van der Waals surface area (Å²) in [5.41, 5.74) is 1.84. The van der Waals surface area contributed by atoms with Crippen LogP contribution < -0.4 is 9.48 Å². The van der Waals surface area contributed by atoms with Gasteiger partial charge in [0.2, 0.25) is 0 Å². The van der Waals surface area contributed by atoms with E-state index < -0.39 is 0 Å². The monoisotopic (exact) mass is 196 g/mol. The summed E-state index contributed by atoms with van der Waals surface area (Å²) in [4.78, 5) is 5.13. The largest absolute Gasteiger partial charge is 0.272 e. The van der Waals surface area contributed by atoms with Crippen molar-refractivity contribution in [3.63, 3.8) is 0 Å². The number of rotatable bonds is 1. The second-order valence-electron chi connectivity index (χ2n) is 2.61. The Hall–Kier alpha value is -1.19. The molecule has 0 radical (unpaired) electrons. The zero-order chi connectivity index (χ0) is 9.26. The molecule has 0 aromatic heterocycles. The minimum atomic E-state index is 0.911. The fraction of sp³-hybridized carbons (Fsp3) is 0.111. The lowest BCUT2D eigenvalue weighted by molar-refractivity contribution is 0.197. The van der Waals surface area contributed by atoms with E-state index in [-0.39, 0.29) is 0 Å². The molecule has 0 saturated heterocycles. The highest BCUT2D eigenvalue weighted by atomic mass is 35.5. The highest BCUT2D eigenvalue weighted by Crippen LogP contribution is 2.33. The van der Waals surface area contributed by atoms with Gasteiger partial charge in [-0.3, -0.25) is 9.26 Å². The van der Waals surface area contributed by atoms with E-state index in [1.54, 1.807) is 24.6 Å². The summed E-state index contributed by atoms with van der Waals surface area (Å²) < 4.78 is 1.53. The van der Waals surface area contributed by atoms with Gasteiger partial charge in [-0.05, 0) is 12.1 Å². The van der Waals surface area contributed by atoms with Crippen LogP contribution in [0.5, 0.6) is 0 Å². The first-order valence-corrected chi connectivity index (χ1v) is 4.22. The van der Waals surface area contributed by atoms with Crippen molar-refractivity contribution in [2.75, 3.05) is 16.6 Å². The van der Waals surface area contributed by atoms with Gasteiger partial charge in [0.25, 0.3) is 0 Å². The molecule has 1 heterocycles. The Bertz CT molecular complexity index is 340. The lowest BCUT2D eigenvalue weighted by Crippen LogP contribution is -2.21. The molecule has 4 heteroatoms. The molecule has 2 rings (SSSR count). The van der Waals surface area contributed by atoms with E-state index in [9.17, 15) is 0 Å². The van der Waals surface area contributed by atoms with Crippen LogP contribution in [0.2, 0.25) is 0 Å². The van der Waals surface area contributed by atoms with Gasteiger partial charge < -0.3 is 0 Å². The summed E-state index contributed by atoms with van der Waals surface area (Å²) in [6, 6.07) is 7.74. The van der Waals surface area contributed by atoms with Crippen LogP contribution in [0.3, 0.4) is 0 Å². The number of halogens is 1. The van der Waals surface area contributed by atoms with E-state index in [0.717, 1.165) is 11.4 Å². The maximum atomic E-state index is 5.93. The second-order valence-corrected chi connectivity index (χ2v) is 2.97. The Morgan fingerprint density at radius 2 is 1.85 bits per heavy atom. The summed E-state index contributed by atoms with van der Waals surface area (Å²) in [5.74, 6) is 0. The van der Waals surface area contributed by atoms with E-state index in [1.165, 1.54) is 4.42 Å². The normalized spacial score (nSPS) is 14.6. The predicted octanol–water partition coefficient (Wildman–Crippen LogP) is 2.50. The molecule has 0 saturated carbocycles. The Labute approximate surface area is 81.8 Å². The number of benzene rings is 1. The maximum Gasteiger partial charge on any atom is 0.0939 e. The summed E-state index contributed by atoms with van der Waals surface area (Å²) in [6.45, 7) is 0. The van der Waals surface area contributed by atoms with Crippen molar-refractivity contribution in [1.29, 1.82) is 0 Å². The van der Waals surface area contributed by atoms with Gasteiger partial charge in [-0.15, -0.1) is 0 Å². The van der Waals surface area contributed by atoms with Crippen molar-refractivity contribution in [3.05, 3.63) is 36.7 Å². The predicted molar refractivity (Wildman–Crippen MR) is 53.4 cm³/mol. The van der Waals surface area contributed by atoms with Gasteiger partial charge in [-0.2, -0.15) is 0 Å². The zero-order valence-electron chi connectivity index (χ0n) is 7.14. The molecular formula is C9H9ClN2O. The van der Waals surface area contributed by atoms with Crippen molar-refractivity contribution < 1.29 is 4.84 Å². The van der Waals surface area contributed by atoms with Gasteiger partial charge in [-0.25, -0.2) is 5.06 Å². The van der Waals surface area contributed by atoms with E-state index in [2.05, 4.69) is 0 Å². The second kappa shape index (κ2) is 3.28. The van der Waals surface area contributed by atoms with Gasteiger partial charge in [0.1, 0.15) is 0 Å². The molecule has 1 aliphatic heterocycles. The molecule has 3 nitrogen and oxygen atoms in total. The molecule has 68 valence electrons. The van der Waals surface area contributed by atoms with E-state index >= 15 is 0 Å². The number of fused-ring (bicyclic) bond motifs is 1. The van der Waals surface area contributed by atoms with Crippen molar-refractivity contribution in [2.45, 2.75) is 0 Å². The molecule has 0 fully saturated rings. The molecule has 0 spiro atoms. The first-order chi connectivity index (χ1) is 6.33. The highest BCUT2D eigenvalue weighted by Gasteiger charge is 2.15. The van der Waals surface area contributed by atoms with Crippen LogP contribution in [0, 0.1) is 0 Å². The minimum Gasteiger partial charge on any atom is -0.272 e. The maximum absolute atomic E-state index is 5.93. The lowest BCUT2D eigenvalue weighted by Gasteiger charge is -2.27. The number of hydroxylamine groups is 1. The van der Waals surface area contributed by atoms with Gasteiger partial charge in [0, 0.05) is 18.0 Å². The lowest BCUT2D eigenvalue weighted by atomic mass is 10.2. The summed E-state index contributed by atoms with van der Waals surface area (Å²) in [6.07, 6.45) is 3.49. The van der Waals surface area contributed by atoms with E-state index in [1.807, 2.05) is 24.3 Å². The van der Waals surface area contributed by atoms with Gasteiger partial charge in [0.15, 0.2) is 0 Å². The minimum absolute atomic E-state index is 0.911. The van der Waals surface area contributed by atoms with Crippen LogP contribution in [0.25, 0.3) is 0 Å². The topological polar surface area (TPSA) is 15.7 Å². The quantitative estimate of drug-likeness (QED) is 0.642. The van der Waals surface area contributed by atoms with Crippen molar-refractivity contribution in [2.24, 2.45) is 0 Å². The molecule has 1 aromatic carbocycles. The SMILES string of the molecule is CON1C=CN(Cl)c2ccccc21. The fourth-order valence-corrected chi connectivity index (χ4v) is 1.46. The molecule has 0 amide bonds. The molecule has 0 unspecified atom stereocenters. The number of anilines is 2. The molecule has 13 heavy (non-hydrogen) atoms. The summed E-state index contributed by atoms with van der Waals surface area (Å²) >= 11 is 5.93. The average molecular weight is 197 g/mol. The highest BCUT2D eigenvalue weighted by molar-refractivity contribution is 6.27. The Kier molecular flexibility index (Phi) is 2.12. The third-order valence-electron chi connectivity index (χ3n) is 1.88. The standard InChI is InChI=1S/C9H9ClN2O/c1-13-12-7-6-11(10)8-4-2-3-5-9(8)12/h2-7H,1H3. The molecular weight excluding hydrogens is 188 g/mol. The van der Waals surface area contributed by atoms with E-state index in [0.29, 0.717) is 0 Å². The fourth-order valence-electron chi connectivity index (χ4n) is 1.27. The van der Waals surface area contributed by atoms with Crippen LogP contribution in [-0.4, -0.2) is 7.11 Å². The van der Waals surface area contributed by atoms with E-state index in [4.69, 9.17) is 16.6 Å². The Morgan fingerprint density at radius 3 is 2.54 bits per heavy atom. The van der Waals surface area contributed by atoms with Crippen LogP contribution in [0.1, 0.15) is 0 Å². The molecule has 1 aromatic rings. The average Bonchev–Trinajstić information content (AvgIpc) is 2.19. The Morgan fingerprint density at radius 1 is 1.15 bits per heavy atom. The van der Waals surface area contributed by atoms with Crippen LogP contribution >= 0.6 is 11.8 Å². The first kappa shape index (κ1) is 8.41. The molecule has 0 N–H and O–H groups in total. The molecule has 0 atom stereocenters. The first-order valence-electron chi connectivity index (χ1n) is 3.88. The Balaban J connectivity index is 2.48. The zero-order valence-corrected chi connectivity index (χ0v) is 7.90. The van der Waals surface area contributed by atoms with Crippen molar-refractivity contribution in [1.82, 2.24) is 0 Å². The number of hydrogen-bond donors (Lipinski definition) is 0. The van der Waals surface area contributed by atoms with Gasteiger partial charge in [-0.1, -0.05) is 12.1 Å².